The molecule has 2 heterocycles. The van der Waals surface area contributed by atoms with Crippen LogP contribution in [-0.4, -0.2) is 58.3 Å². The monoisotopic (exact) mass is 344 g/mol. The predicted molar refractivity (Wildman–Crippen MR) is 93.1 cm³/mol. The van der Waals surface area contributed by atoms with Gasteiger partial charge < -0.3 is 19.8 Å². The van der Waals surface area contributed by atoms with Gasteiger partial charge in [-0.3, -0.25) is 4.79 Å². The number of rotatable bonds is 6. The fraction of sp³-hybridized carbons (Fsp3) is 0.500. The molecule has 1 aromatic heterocycles. The normalized spacial score (nSPS) is 16.1. The first-order chi connectivity index (χ1) is 12.1. The van der Waals surface area contributed by atoms with E-state index in [1.54, 1.807) is 19.1 Å². The summed E-state index contributed by atoms with van der Waals surface area (Å²) in [6, 6.07) is 7.21. The number of aryl methyl sites for hydroxylation is 1. The molecule has 1 aliphatic rings. The van der Waals surface area contributed by atoms with E-state index in [9.17, 15) is 9.90 Å². The van der Waals surface area contributed by atoms with Gasteiger partial charge in [0.15, 0.2) is 0 Å². The van der Waals surface area contributed by atoms with Crippen LogP contribution in [0.1, 0.15) is 35.5 Å². The molecule has 3 rings (SSSR count). The SMILES string of the molecule is Cc1nc(-c2cccc(C(=O)NCCCN3CCC(O)CC3)c2)no1. The summed E-state index contributed by atoms with van der Waals surface area (Å²) in [4.78, 5) is 18.8. The lowest BCUT2D eigenvalue weighted by atomic mass is 10.1. The van der Waals surface area contributed by atoms with Crippen molar-refractivity contribution in [3.8, 4) is 11.4 Å². The molecule has 7 nitrogen and oxygen atoms in total. The van der Waals surface area contributed by atoms with E-state index in [4.69, 9.17) is 4.52 Å². The molecule has 134 valence electrons. The third kappa shape index (κ3) is 4.87. The van der Waals surface area contributed by atoms with Crippen LogP contribution in [0.4, 0.5) is 0 Å². The Balaban J connectivity index is 1.47. The number of aliphatic hydroxyl groups excluding tert-OH is 1. The number of benzene rings is 1. The molecule has 1 fully saturated rings. The van der Waals surface area contributed by atoms with Gasteiger partial charge in [0.1, 0.15) is 0 Å². The molecule has 1 amide bonds. The maximum atomic E-state index is 12.3. The number of piperidine rings is 1. The van der Waals surface area contributed by atoms with Crippen LogP contribution in [-0.2, 0) is 0 Å². The Kier molecular flexibility index (Phi) is 5.78. The second-order valence-corrected chi connectivity index (χ2v) is 6.40. The van der Waals surface area contributed by atoms with E-state index in [1.165, 1.54) is 0 Å². The highest BCUT2D eigenvalue weighted by molar-refractivity contribution is 5.95. The Morgan fingerprint density at radius 3 is 2.92 bits per heavy atom. The van der Waals surface area contributed by atoms with Crippen LogP contribution in [0.5, 0.6) is 0 Å². The van der Waals surface area contributed by atoms with E-state index in [0.29, 0.717) is 23.8 Å². The summed E-state index contributed by atoms with van der Waals surface area (Å²) in [5.74, 6) is 0.880. The minimum Gasteiger partial charge on any atom is -0.393 e. The largest absolute Gasteiger partial charge is 0.393 e. The van der Waals surface area contributed by atoms with Gasteiger partial charge in [-0.05, 0) is 37.9 Å². The quantitative estimate of drug-likeness (QED) is 0.774. The Morgan fingerprint density at radius 1 is 1.40 bits per heavy atom. The summed E-state index contributed by atoms with van der Waals surface area (Å²) in [6.07, 6.45) is 2.43. The van der Waals surface area contributed by atoms with Crippen molar-refractivity contribution < 1.29 is 14.4 Å². The molecular weight excluding hydrogens is 320 g/mol. The molecule has 1 aliphatic heterocycles. The topological polar surface area (TPSA) is 91.5 Å². The van der Waals surface area contributed by atoms with Crippen molar-refractivity contribution in [3.63, 3.8) is 0 Å². The number of nitrogens with zero attached hydrogens (tertiary/aromatic N) is 3. The molecule has 0 aliphatic carbocycles. The molecule has 2 aromatic rings. The summed E-state index contributed by atoms with van der Waals surface area (Å²) in [6.45, 7) is 5.16. The van der Waals surface area contributed by atoms with E-state index < -0.39 is 0 Å². The lowest BCUT2D eigenvalue weighted by molar-refractivity contribution is 0.0816. The summed E-state index contributed by atoms with van der Waals surface area (Å²) in [7, 11) is 0. The van der Waals surface area contributed by atoms with E-state index in [2.05, 4.69) is 20.4 Å². The van der Waals surface area contributed by atoms with E-state index in [-0.39, 0.29) is 12.0 Å². The van der Waals surface area contributed by atoms with Crippen molar-refractivity contribution in [2.24, 2.45) is 0 Å². The van der Waals surface area contributed by atoms with Crippen molar-refractivity contribution >= 4 is 5.91 Å². The Bertz CT molecular complexity index is 708. The predicted octanol–water partition coefficient (Wildman–Crippen LogP) is 1.62. The van der Waals surface area contributed by atoms with Crippen molar-refractivity contribution in [1.82, 2.24) is 20.4 Å². The van der Waals surface area contributed by atoms with Crippen molar-refractivity contribution in [2.45, 2.75) is 32.3 Å². The standard InChI is InChI=1S/C18H24N4O3/c1-13-20-17(21-25-13)14-4-2-5-15(12-14)18(24)19-8-3-9-22-10-6-16(23)7-11-22/h2,4-5,12,16,23H,3,6-11H2,1H3,(H,19,24). The Hall–Kier alpha value is -2.25. The van der Waals surface area contributed by atoms with Crippen LogP contribution in [0.15, 0.2) is 28.8 Å². The van der Waals surface area contributed by atoms with Gasteiger partial charge in [-0.1, -0.05) is 17.3 Å². The lowest BCUT2D eigenvalue weighted by Crippen LogP contribution is -2.37. The molecule has 0 spiro atoms. The van der Waals surface area contributed by atoms with Crippen LogP contribution in [0.2, 0.25) is 0 Å². The molecule has 1 saturated heterocycles. The highest BCUT2D eigenvalue weighted by Crippen LogP contribution is 2.17. The molecule has 0 saturated carbocycles. The number of carbonyl (C=O) groups excluding carboxylic acids is 1. The lowest BCUT2D eigenvalue weighted by Gasteiger charge is -2.29. The number of likely N-dealkylation sites (tertiary alicyclic amines) is 1. The van der Waals surface area contributed by atoms with Crippen LogP contribution in [0, 0.1) is 6.92 Å². The zero-order valence-electron chi connectivity index (χ0n) is 14.4. The highest BCUT2D eigenvalue weighted by atomic mass is 16.5. The van der Waals surface area contributed by atoms with Gasteiger partial charge in [0.2, 0.25) is 11.7 Å². The van der Waals surface area contributed by atoms with Gasteiger partial charge >= 0.3 is 0 Å². The smallest absolute Gasteiger partial charge is 0.251 e. The van der Waals surface area contributed by atoms with Gasteiger partial charge in [0.25, 0.3) is 5.91 Å². The van der Waals surface area contributed by atoms with Crippen LogP contribution in [0.3, 0.4) is 0 Å². The summed E-state index contributed by atoms with van der Waals surface area (Å²) < 4.78 is 4.98. The molecule has 0 atom stereocenters. The minimum absolute atomic E-state index is 0.101. The van der Waals surface area contributed by atoms with Crippen molar-refractivity contribution in [2.75, 3.05) is 26.2 Å². The molecule has 25 heavy (non-hydrogen) atoms. The average Bonchev–Trinajstić information content (AvgIpc) is 3.07. The number of hydrogen-bond donors (Lipinski definition) is 2. The van der Waals surface area contributed by atoms with Gasteiger partial charge in [-0.15, -0.1) is 0 Å². The van der Waals surface area contributed by atoms with Gasteiger partial charge in [-0.25, -0.2) is 0 Å². The highest BCUT2D eigenvalue weighted by Gasteiger charge is 2.16. The first-order valence-electron chi connectivity index (χ1n) is 8.71. The molecule has 1 aromatic carbocycles. The fourth-order valence-electron chi connectivity index (χ4n) is 2.97. The van der Waals surface area contributed by atoms with Crippen LogP contribution < -0.4 is 5.32 Å². The number of carbonyl (C=O) groups is 1. The van der Waals surface area contributed by atoms with Crippen molar-refractivity contribution in [1.29, 1.82) is 0 Å². The molecule has 0 bridgehead atoms. The number of aliphatic hydroxyl groups is 1. The minimum atomic E-state index is -0.147. The number of nitrogens with one attached hydrogen (secondary N) is 1. The number of amides is 1. The number of hydrogen-bond acceptors (Lipinski definition) is 6. The van der Waals surface area contributed by atoms with Crippen LogP contribution in [0.25, 0.3) is 11.4 Å². The second-order valence-electron chi connectivity index (χ2n) is 6.40. The van der Waals surface area contributed by atoms with E-state index in [1.807, 2.05) is 12.1 Å². The molecule has 2 N–H and O–H groups in total. The first kappa shape index (κ1) is 17.6. The summed E-state index contributed by atoms with van der Waals surface area (Å²) in [5, 5.41) is 16.3. The average molecular weight is 344 g/mol. The second kappa shape index (κ2) is 8.22. The molecule has 0 unspecified atom stereocenters. The molecule has 0 radical (unpaired) electrons. The zero-order chi connectivity index (χ0) is 17.6. The summed E-state index contributed by atoms with van der Waals surface area (Å²) in [5.41, 5.74) is 1.34. The van der Waals surface area contributed by atoms with Gasteiger partial charge in [0, 0.05) is 37.7 Å². The number of aromatic nitrogens is 2. The molecule has 7 heteroatoms. The zero-order valence-corrected chi connectivity index (χ0v) is 14.4. The Labute approximate surface area is 147 Å². The van der Waals surface area contributed by atoms with Gasteiger partial charge in [0.05, 0.1) is 6.10 Å². The fourth-order valence-corrected chi connectivity index (χ4v) is 2.97. The Morgan fingerprint density at radius 2 is 2.20 bits per heavy atom. The van der Waals surface area contributed by atoms with E-state index in [0.717, 1.165) is 44.5 Å². The van der Waals surface area contributed by atoms with Gasteiger partial charge in [-0.2, -0.15) is 4.98 Å². The van der Waals surface area contributed by atoms with Crippen LogP contribution >= 0.6 is 0 Å². The summed E-state index contributed by atoms with van der Waals surface area (Å²) >= 11 is 0. The molecular formula is C18H24N4O3. The van der Waals surface area contributed by atoms with E-state index >= 15 is 0 Å². The van der Waals surface area contributed by atoms with Crippen molar-refractivity contribution in [3.05, 3.63) is 35.7 Å². The first-order valence-corrected chi connectivity index (χ1v) is 8.71. The maximum absolute atomic E-state index is 12.3. The maximum Gasteiger partial charge on any atom is 0.251 e. The third-order valence-electron chi connectivity index (χ3n) is 4.40. The third-order valence-corrected chi connectivity index (χ3v) is 4.40.